The zero-order valence-corrected chi connectivity index (χ0v) is 11.5. The van der Waals surface area contributed by atoms with Crippen molar-refractivity contribution in [3.63, 3.8) is 0 Å². The number of hydrogen-bond acceptors (Lipinski definition) is 3. The molecule has 2 heterocycles. The van der Waals surface area contributed by atoms with Crippen LogP contribution in [-0.4, -0.2) is 9.55 Å². The van der Waals surface area contributed by atoms with Gasteiger partial charge in [-0.1, -0.05) is 6.42 Å². The lowest BCUT2D eigenvalue weighted by Crippen LogP contribution is -2.29. The number of aromatic nitrogens is 2. The molecule has 2 fully saturated rings. The molecule has 1 N–H and O–H groups in total. The molecule has 0 saturated heterocycles. The summed E-state index contributed by atoms with van der Waals surface area (Å²) in [7, 11) is 0. The number of thiophene rings is 1. The van der Waals surface area contributed by atoms with E-state index in [-0.39, 0.29) is 5.56 Å². The predicted octanol–water partition coefficient (Wildman–Crippen LogP) is 3.48. The van der Waals surface area contributed by atoms with Gasteiger partial charge in [-0.2, -0.15) is 0 Å². The van der Waals surface area contributed by atoms with Gasteiger partial charge in [0.2, 0.25) is 0 Å². The molecule has 0 unspecified atom stereocenters. The lowest BCUT2D eigenvalue weighted by atomic mass is 9.95. The third-order valence-electron chi connectivity index (χ3n) is 4.59. The quantitative estimate of drug-likeness (QED) is 0.811. The van der Waals surface area contributed by atoms with Crippen LogP contribution in [0.25, 0.3) is 10.2 Å². The lowest BCUT2D eigenvalue weighted by molar-refractivity contribution is 0.319. The predicted molar refractivity (Wildman–Crippen MR) is 75.8 cm³/mol. The number of fused-ring (bicyclic) bond motifs is 3. The van der Waals surface area contributed by atoms with E-state index in [2.05, 4.69) is 4.98 Å². The first-order chi connectivity index (χ1) is 8.74. The molecule has 2 aromatic heterocycles. The number of aromatic amines is 1. The van der Waals surface area contributed by atoms with Crippen molar-refractivity contribution in [3.05, 3.63) is 26.6 Å². The van der Waals surface area contributed by atoms with Crippen LogP contribution in [0.1, 0.15) is 31.7 Å². The molecule has 5 heteroatoms. The molecule has 2 aliphatic rings. The molecule has 18 heavy (non-hydrogen) atoms. The Kier molecular flexibility index (Phi) is 2.29. The second kappa shape index (κ2) is 3.78. The first kappa shape index (κ1) is 10.9. The van der Waals surface area contributed by atoms with Gasteiger partial charge in [0.15, 0.2) is 4.77 Å². The third kappa shape index (κ3) is 1.40. The van der Waals surface area contributed by atoms with Gasteiger partial charge in [-0.3, -0.25) is 9.36 Å². The topological polar surface area (TPSA) is 37.8 Å². The van der Waals surface area contributed by atoms with E-state index in [1.165, 1.54) is 19.3 Å². The minimum Gasteiger partial charge on any atom is -0.323 e. The molecule has 2 bridgehead atoms. The maximum atomic E-state index is 12.6. The molecule has 2 aliphatic carbocycles. The van der Waals surface area contributed by atoms with E-state index in [9.17, 15) is 4.79 Å². The fraction of sp³-hybridized carbons (Fsp3) is 0.538. The van der Waals surface area contributed by atoms with Crippen LogP contribution in [0.3, 0.4) is 0 Å². The van der Waals surface area contributed by atoms with Crippen LogP contribution in [0.4, 0.5) is 0 Å². The van der Waals surface area contributed by atoms with Crippen molar-refractivity contribution in [1.29, 1.82) is 0 Å². The number of hydrogen-bond donors (Lipinski definition) is 1. The summed E-state index contributed by atoms with van der Waals surface area (Å²) in [6, 6.07) is 2.24. The van der Waals surface area contributed by atoms with Crippen molar-refractivity contribution < 1.29 is 0 Å². The first-order valence-corrected chi connectivity index (χ1v) is 7.75. The number of nitrogens with zero attached hydrogens (tertiary/aromatic N) is 1. The molecule has 2 aromatic rings. The Morgan fingerprint density at radius 3 is 3.00 bits per heavy atom. The van der Waals surface area contributed by atoms with Gasteiger partial charge in [-0.25, -0.2) is 0 Å². The van der Waals surface area contributed by atoms with Crippen LogP contribution in [0.2, 0.25) is 0 Å². The molecule has 94 valence electrons. The Hall–Kier alpha value is -0.940. The van der Waals surface area contributed by atoms with Crippen molar-refractivity contribution in [2.75, 3.05) is 0 Å². The lowest BCUT2D eigenvalue weighted by Gasteiger charge is -2.23. The molecule has 0 radical (unpaired) electrons. The molecule has 0 spiro atoms. The minimum absolute atomic E-state index is 0.104. The summed E-state index contributed by atoms with van der Waals surface area (Å²) in [5.74, 6) is 1.48. The zero-order chi connectivity index (χ0) is 12.3. The third-order valence-corrected chi connectivity index (χ3v) is 5.71. The molecule has 3 nitrogen and oxygen atoms in total. The summed E-state index contributed by atoms with van der Waals surface area (Å²) in [5.41, 5.74) is 0.104. The molecule has 2 saturated carbocycles. The van der Waals surface area contributed by atoms with Gasteiger partial charge in [0.25, 0.3) is 5.56 Å². The highest BCUT2D eigenvalue weighted by Gasteiger charge is 2.41. The smallest absolute Gasteiger partial charge is 0.263 e. The van der Waals surface area contributed by atoms with Gasteiger partial charge in [0, 0.05) is 6.04 Å². The Bertz CT molecular complexity index is 726. The summed E-state index contributed by atoms with van der Waals surface area (Å²) < 4.78 is 2.46. The average Bonchev–Trinajstić information content (AvgIpc) is 3.02. The van der Waals surface area contributed by atoms with Gasteiger partial charge in [0.1, 0.15) is 4.83 Å². The Labute approximate surface area is 113 Å². The SMILES string of the molecule is O=c1c2ccsc2[nH]c(=S)n1[C@@H]1C[C@H]2CC[C@H]1C2. The van der Waals surface area contributed by atoms with Gasteiger partial charge in [-0.15, -0.1) is 11.3 Å². The molecule has 0 amide bonds. The highest BCUT2D eigenvalue weighted by atomic mass is 32.1. The number of H-pyrrole nitrogens is 1. The standard InChI is InChI=1S/C13H14N2OS2/c16-12-9-3-4-18-11(9)14-13(17)15(12)10-6-7-1-2-8(10)5-7/h3-4,7-8,10H,1-2,5-6H2,(H,14,17)/t7-,8-,10+/m0/s1. The highest BCUT2D eigenvalue weighted by molar-refractivity contribution is 7.71. The maximum absolute atomic E-state index is 12.6. The monoisotopic (exact) mass is 278 g/mol. The minimum atomic E-state index is 0.104. The summed E-state index contributed by atoms with van der Waals surface area (Å²) >= 11 is 6.95. The first-order valence-electron chi connectivity index (χ1n) is 6.46. The van der Waals surface area contributed by atoms with Gasteiger partial charge < -0.3 is 4.98 Å². The summed E-state index contributed by atoms with van der Waals surface area (Å²) in [6.07, 6.45) is 5.02. The van der Waals surface area contributed by atoms with E-state index < -0.39 is 0 Å². The van der Waals surface area contributed by atoms with Crippen molar-refractivity contribution >= 4 is 33.8 Å². The van der Waals surface area contributed by atoms with Gasteiger partial charge in [-0.05, 0) is 54.8 Å². The van der Waals surface area contributed by atoms with E-state index in [1.54, 1.807) is 11.3 Å². The zero-order valence-electron chi connectivity index (χ0n) is 9.89. The van der Waals surface area contributed by atoms with Crippen molar-refractivity contribution in [2.45, 2.75) is 31.7 Å². The number of nitrogens with one attached hydrogen (secondary N) is 1. The van der Waals surface area contributed by atoms with Crippen molar-refractivity contribution in [2.24, 2.45) is 11.8 Å². The summed E-state index contributed by atoms with van der Waals surface area (Å²) in [6.45, 7) is 0. The molecular formula is C13H14N2OS2. The molecule has 3 atom stereocenters. The van der Waals surface area contributed by atoms with Gasteiger partial charge in [0.05, 0.1) is 5.39 Å². The number of rotatable bonds is 1. The average molecular weight is 278 g/mol. The Morgan fingerprint density at radius 2 is 2.28 bits per heavy atom. The fourth-order valence-corrected chi connectivity index (χ4v) is 4.95. The van der Waals surface area contributed by atoms with Crippen molar-refractivity contribution in [3.8, 4) is 0 Å². The molecule has 0 aromatic carbocycles. The van der Waals surface area contributed by atoms with E-state index in [0.29, 0.717) is 16.7 Å². The van der Waals surface area contributed by atoms with Crippen LogP contribution in [0.15, 0.2) is 16.2 Å². The van der Waals surface area contributed by atoms with Crippen LogP contribution in [0.5, 0.6) is 0 Å². The van der Waals surface area contributed by atoms with E-state index in [0.717, 1.165) is 22.6 Å². The van der Waals surface area contributed by atoms with Crippen LogP contribution in [0, 0.1) is 16.6 Å². The second-order valence-corrected chi connectivity index (χ2v) is 6.81. The summed E-state index contributed by atoms with van der Waals surface area (Å²) in [4.78, 5) is 16.7. The van der Waals surface area contributed by atoms with Crippen LogP contribution < -0.4 is 5.56 Å². The second-order valence-electron chi connectivity index (χ2n) is 5.51. The van der Waals surface area contributed by atoms with Crippen LogP contribution in [-0.2, 0) is 0 Å². The summed E-state index contributed by atoms with van der Waals surface area (Å²) in [5, 5.41) is 2.74. The molecule has 4 rings (SSSR count). The molecular weight excluding hydrogens is 264 g/mol. The molecule has 0 aliphatic heterocycles. The normalized spacial score (nSPS) is 30.3. The Morgan fingerprint density at radius 1 is 1.39 bits per heavy atom. The maximum Gasteiger partial charge on any atom is 0.263 e. The Balaban J connectivity index is 1.95. The van der Waals surface area contributed by atoms with Crippen LogP contribution >= 0.6 is 23.6 Å². The van der Waals surface area contributed by atoms with E-state index in [4.69, 9.17) is 12.2 Å². The van der Waals surface area contributed by atoms with Gasteiger partial charge >= 0.3 is 0 Å². The highest BCUT2D eigenvalue weighted by Crippen LogP contribution is 2.50. The van der Waals surface area contributed by atoms with E-state index >= 15 is 0 Å². The fourth-order valence-electron chi connectivity index (χ4n) is 3.78. The largest absolute Gasteiger partial charge is 0.323 e. The van der Waals surface area contributed by atoms with Crippen molar-refractivity contribution in [1.82, 2.24) is 9.55 Å². The van der Waals surface area contributed by atoms with E-state index in [1.807, 2.05) is 16.0 Å².